The first-order chi connectivity index (χ1) is 3.85. The first-order valence-electron chi connectivity index (χ1n) is 1.63. The molecule has 0 bridgehead atoms. The van der Waals surface area contributed by atoms with E-state index in [1.807, 2.05) is 0 Å². The fourth-order valence-corrected chi connectivity index (χ4v) is 0.357. The molecule has 0 amide bonds. The minimum atomic E-state index is -4.34. The first kappa shape index (κ1) is 9.04. The van der Waals surface area contributed by atoms with Crippen LogP contribution in [-0.2, 0) is 0 Å². The molecule has 0 heterocycles. The molecule has 0 nitrogen and oxygen atoms in total. The standard InChI is InChI=1S/C3Cl2F4/c4-2(7)1(6)3(5,8)9. The lowest BCUT2D eigenvalue weighted by atomic mass is 10.6. The van der Waals surface area contributed by atoms with Gasteiger partial charge < -0.3 is 0 Å². The van der Waals surface area contributed by atoms with Crippen molar-refractivity contribution in [3.8, 4) is 0 Å². The molecule has 0 aromatic heterocycles. The SMILES string of the molecule is FC(Cl)=C(F)C(F)(F)Cl. The predicted octanol–water partition coefficient (Wildman–Crippen LogP) is 3.16. The van der Waals surface area contributed by atoms with Gasteiger partial charge in [0, 0.05) is 0 Å². The van der Waals surface area contributed by atoms with E-state index in [0.29, 0.717) is 0 Å². The van der Waals surface area contributed by atoms with Crippen molar-refractivity contribution in [1.29, 1.82) is 0 Å². The number of rotatable bonds is 1. The van der Waals surface area contributed by atoms with Crippen molar-refractivity contribution in [3.05, 3.63) is 11.1 Å². The molecule has 0 fully saturated rings. The van der Waals surface area contributed by atoms with Crippen LogP contribution in [0.1, 0.15) is 0 Å². The van der Waals surface area contributed by atoms with Gasteiger partial charge in [0.2, 0.25) is 11.1 Å². The smallest absolute Gasteiger partial charge is 0.199 e. The van der Waals surface area contributed by atoms with Gasteiger partial charge in [-0.25, -0.2) is 0 Å². The van der Waals surface area contributed by atoms with E-state index in [-0.39, 0.29) is 0 Å². The molecule has 9 heavy (non-hydrogen) atoms. The molecule has 0 aliphatic carbocycles. The molecule has 0 aliphatic rings. The summed E-state index contributed by atoms with van der Waals surface area (Å²) in [5.41, 5.74) is 0. The lowest BCUT2D eigenvalue weighted by molar-refractivity contribution is 0.106. The number of halogens is 6. The third kappa shape index (κ3) is 2.91. The molecule has 0 spiro atoms. The molecule has 0 aliphatic heterocycles. The summed E-state index contributed by atoms with van der Waals surface area (Å²) in [6, 6.07) is 0. The Morgan fingerprint density at radius 2 is 1.56 bits per heavy atom. The van der Waals surface area contributed by atoms with E-state index in [9.17, 15) is 17.6 Å². The Balaban J connectivity index is 4.40. The molecular weight excluding hydrogens is 183 g/mol. The lowest BCUT2D eigenvalue weighted by Gasteiger charge is -2.01. The Morgan fingerprint density at radius 3 is 1.56 bits per heavy atom. The zero-order chi connectivity index (χ0) is 7.65. The molecule has 0 aromatic carbocycles. The van der Waals surface area contributed by atoms with Gasteiger partial charge >= 0.3 is 5.38 Å². The second-order valence-corrected chi connectivity index (χ2v) is 1.88. The van der Waals surface area contributed by atoms with Crippen LogP contribution in [0, 0.1) is 0 Å². The van der Waals surface area contributed by atoms with Crippen LogP contribution >= 0.6 is 23.2 Å². The van der Waals surface area contributed by atoms with Crippen molar-refractivity contribution in [1.82, 2.24) is 0 Å². The largest absolute Gasteiger partial charge is 0.377 e. The summed E-state index contributed by atoms with van der Waals surface area (Å²) in [5, 5.41) is -6.47. The number of allylic oxidation sites excluding steroid dienone is 1. The van der Waals surface area contributed by atoms with Crippen LogP contribution in [0.15, 0.2) is 11.1 Å². The molecule has 0 saturated carbocycles. The highest BCUT2D eigenvalue weighted by Crippen LogP contribution is 2.33. The van der Waals surface area contributed by atoms with E-state index in [2.05, 4.69) is 23.2 Å². The highest BCUT2D eigenvalue weighted by atomic mass is 35.5. The van der Waals surface area contributed by atoms with Crippen LogP contribution in [0.25, 0.3) is 0 Å². The Kier molecular flexibility index (Phi) is 2.76. The normalized spacial score (nSPS) is 15.3. The highest BCUT2D eigenvalue weighted by Gasteiger charge is 2.35. The van der Waals surface area contributed by atoms with Crippen LogP contribution in [-0.4, -0.2) is 5.38 Å². The molecular formula is C3Cl2F4. The summed E-state index contributed by atoms with van der Waals surface area (Å²) in [6.07, 6.45) is 0. The minimum Gasteiger partial charge on any atom is -0.199 e. The zero-order valence-electron chi connectivity index (χ0n) is 3.77. The summed E-state index contributed by atoms with van der Waals surface area (Å²) < 4.78 is 45.6. The van der Waals surface area contributed by atoms with Crippen molar-refractivity contribution in [2.24, 2.45) is 0 Å². The molecule has 0 aromatic rings. The fraction of sp³-hybridized carbons (Fsp3) is 0.333. The quantitative estimate of drug-likeness (QED) is 0.432. The maximum Gasteiger partial charge on any atom is 0.377 e. The number of hydrogen-bond donors (Lipinski definition) is 0. The van der Waals surface area contributed by atoms with Crippen LogP contribution in [0.3, 0.4) is 0 Å². The summed E-state index contributed by atoms with van der Waals surface area (Å²) in [6.45, 7) is 0. The zero-order valence-corrected chi connectivity index (χ0v) is 5.28. The summed E-state index contributed by atoms with van der Waals surface area (Å²) in [4.78, 5) is 0. The van der Waals surface area contributed by atoms with Gasteiger partial charge in [-0.05, 0) is 23.2 Å². The summed E-state index contributed by atoms with van der Waals surface area (Å²) in [5.74, 6) is -2.47. The Labute approximate surface area is 58.0 Å². The third-order valence-corrected chi connectivity index (χ3v) is 0.747. The molecule has 0 unspecified atom stereocenters. The van der Waals surface area contributed by atoms with Gasteiger partial charge in [0.25, 0.3) is 0 Å². The maximum atomic E-state index is 11.5. The van der Waals surface area contributed by atoms with Gasteiger partial charge in [-0.3, -0.25) is 0 Å². The Bertz CT molecular complexity index is 131. The summed E-state index contributed by atoms with van der Waals surface area (Å²) in [7, 11) is 0. The predicted molar refractivity (Wildman–Crippen MR) is 25.9 cm³/mol. The minimum absolute atomic E-state index is 2.13. The van der Waals surface area contributed by atoms with Crippen LogP contribution < -0.4 is 0 Å². The van der Waals surface area contributed by atoms with Gasteiger partial charge in [0.1, 0.15) is 0 Å². The van der Waals surface area contributed by atoms with E-state index in [4.69, 9.17) is 0 Å². The van der Waals surface area contributed by atoms with Gasteiger partial charge in [0.15, 0.2) is 0 Å². The Hall–Kier alpha value is 0.0400. The van der Waals surface area contributed by atoms with Gasteiger partial charge in [-0.2, -0.15) is 17.6 Å². The molecule has 54 valence electrons. The first-order valence-corrected chi connectivity index (χ1v) is 2.39. The van der Waals surface area contributed by atoms with Crippen LogP contribution in [0.4, 0.5) is 17.6 Å². The molecule has 0 rings (SSSR count). The van der Waals surface area contributed by atoms with Crippen molar-refractivity contribution in [2.75, 3.05) is 0 Å². The van der Waals surface area contributed by atoms with E-state index < -0.39 is 16.5 Å². The lowest BCUT2D eigenvalue weighted by Crippen LogP contribution is -2.06. The van der Waals surface area contributed by atoms with E-state index >= 15 is 0 Å². The Morgan fingerprint density at radius 1 is 1.22 bits per heavy atom. The molecule has 0 N–H and O–H groups in total. The van der Waals surface area contributed by atoms with Crippen LogP contribution in [0.5, 0.6) is 0 Å². The second-order valence-electron chi connectivity index (χ2n) is 1.07. The summed E-state index contributed by atoms with van der Waals surface area (Å²) >= 11 is 8.17. The van der Waals surface area contributed by atoms with Gasteiger partial charge in [-0.15, -0.1) is 0 Å². The van der Waals surface area contributed by atoms with E-state index in [1.165, 1.54) is 0 Å². The molecule has 0 radical (unpaired) electrons. The second kappa shape index (κ2) is 2.75. The van der Waals surface area contributed by atoms with E-state index in [0.717, 1.165) is 0 Å². The van der Waals surface area contributed by atoms with Crippen molar-refractivity contribution < 1.29 is 17.6 Å². The van der Waals surface area contributed by atoms with Gasteiger partial charge in [-0.1, -0.05) is 0 Å². The van der Waals surface area contributed by atoms with Crippen LogP contribution in [0.2, 0.25) is 0 Å². The van der Waals surface area contributed by atoms with E-state index in [1.54, 1.807) is 0 Å². The maximum absolute atomic E-state index is 11.5. The van der Waals surface area contributed by atoms with Crippen molar-refractivity contribution >= 4 is 23.2 Å². The monoisotopic (exact) mass is 182 g/mol. The third-order valence-electron chi connectivity index (χ3n) is 0.415. The van der Waals surface area contributed by atoms with Crippen molar-refractivity contribution in [2.45, 2.75) is 5.38 Å². The number of hydrogen-bond acceptors (Lipinski definition) is 0. The molecule has 0 saturated heterocycles. The number of alkyl halides is 3. The topological polar surface area (TPSA) is 0 Å². The molecule has 6 heteroatoms. The molecule has 0 atom stereocenters. The van der Waals surface area contributed by atoms with Crippen molar-refractivity contribution in [3.63, 3.8) is 0 Å². The fourth-order valence-electron chi connectivity index (χ4n) is 0.107. The average molecular weight is 183 g/mol. The van der Waals surface area contributed by atoms with Gasteiger partial charge in [0.05, 0.1) is 0 Å². The highest BCUT2D eigenvalue weighted by molar-refractivity contribution is 6.30. The average Bonchev–Trinajstić information content (AvgIpc) is 1.62.